The molecule has 1 aliphatic rings. The third kappa shape index (κ3) is 12.5. The molecule has 1 saturated carbocycles. The average Bonchev–Trinajstić information content (AvgIpc) is 3.38. The standard InChI is InChI=1S/C21H40O2/c1-3-4-5-6-7-8-9-10-11-12-13-14-15-19(2)18-23-21(22)20-16-17-20/h19-20H,3-18H2,1-2H3. The Kier molecular flexibility index (Phi) is 12.4. The minimum atomic E-state index is 0.0477. The molecule has 0 aliphatic heterocycles. The molecular formula is C21H40O2. The largest absolute Gasteiger partial charge is 0.465 e. The zero-order valence-electron chi connectivity index (χ0n) is 15.8. The minimum Gasteiger partial charge on any atom is -0.465 e. The first-order valence-corrected chi connectivity index (χ1v) is 10.4. The zero-order valence-corrected chi connectivity index (χ0v) is 15.8. The summed E-state index contributed by atoms with van der Waals surface area (Å²) in [5.74, 6) is 0.821. The summed E-state index contributed by atoms with van der Waals surface area (Å²) in [5.41, 5.74) is 0. The Morgan fingerprint density at radius 1 is 0.870 bits per heavy atom. The van der Waals surface area contributed by atoms with E-state index in [-0.39, 0.29) is 11.9 Å². The van der Waals surface area contributed by atoms with Crippen molar-refractivity contribution in [3.05, 3.63) is 0 Å². The number of hydrogen-bond donors (Lipinski definition) is 0. The highest BCUT2D eigenvalue weighted by Gasteiger charge is 2.31. The minimum absolute atomic E-state index is 0.0477. The first kappa shape index (κ1) is 20.5. The summed E-state index contributed by atoms with van der Waals surface area (Å²) in [6, 6.07) is 0. The van der Waals surface area contributed by atoms with Gasteiger partial charge in [-0.15, -0.1) is 0 Å². The first-order valence-electron chi connectivity index (χ1n) is 10.4. The molecule has 0 saturated heterocycles. The molecule has 1 fully saturated rings. The van der Waals surface area contributed by atoms with Crippen LogP contribution in [0.1, 0.15) is 110 Å². The van der Waals surface area contributed by atoms with Crippen molar-refractivity contribution in [3.8, 4) is 0 Å². The number of ether oxygens (including phenoxy) is 1. The van der Waals surface area contributed by atoms with E-state index >= 15 is 0 Å². The number of esters is 1. The molecular weight excluding hydrogens is 284 g/mol. The molecule has 1 aliphatic carbocycles. The molecule has 0 aromatic carbocycles. The molecule has 1 atom stereocenters. The normalized spacial score (nSPS) is 15.6. The van der Waals surface area contributed by atoms with Gasteiger partial charge in [0.05, 0.1) is 12.5 Å². The number of rotatable bonds is 16. The smallest absolute Gasteiger partial charge is 0.308 e. The summed E-state index contributed by atoms with van der Waals surface area (Å²) in [4.78, 5) is 11.5. The Bertz CT molecular complexity index is 284. The van der Waals surface area contributed by atoms with Gasteiger partial charge < -0.3 is 4.74 Å². The first-order chi connectivity index (χ1) is 11.2. The van der Waals surface area contributed by atoms with E-state index in [0.717, 1.165) is 12.8 Å². The molecule has 0 N–H and O–H groups in total. The van der Waals surface area contributed by atoms with Crippen LogP contribution in [0.2, 0.25) is 0 Å². The van der Waals surface area contributed by atoms with Gasteiger partial charge in [0.15, 0.2) is 0 Å². The van der Waals surface area contributed by atoms with Crippen molar-refractivity contribution in [3.63, 3.8) is 0 Å². The van der Waals surface area contributed by atoms with E-state index in [0.29, 0.717) is 12.5 Å². The molecule has 0 spiro atoms. The van der Waals surface area contributed by atoms with Gasteiger partial charge in [-0.2, -0.15) is 0 Å². The van der Waals surface area contributed by atoms with Gasteiger partial charge in [-0.05, 0) is 25.2 Å². The van der Waals surface area contributed by atoms with Gasteiger partial charge >= 0.3 is 5.97 Å². The molecule has 1 rings (SSSR count). The lowest BCUT2D eigenvalue weighted by atomic mass is 10.0. The van der Waals surface area contributed by atoms with Crippen LogP contribution in [0, 0.1) is 11.8 Å². The molecule has 0 aromatic heterocycles. The van der Waals surface area contributed by atoms with Crippen LogP contribution < -0.4 is 0 Å². The SMILES string of the molecule is CCCCCCCCCCCCCCC(C)COC(=O)C1CC1. The van der Waals surface area contributed by atoms with Crippen LogP contribution in [0.5, 0.6) is 0 Å². The summed E-state index contributed by atoms with van der Waals surface area (Å²) in [6.45, 7) is 5.12. The molecule has 0 heterocycles. The van der Waals surface area contributed by atoms with E-state index in [9.17, 15) is 4.79 Å². The van der Waals surface area contributed by atoms with Gasteiger partial charge in [0.2, 0.25) is 0 Å². The average molecular weight is 325 g/mol. The zero-order chi connectivity index (χ0) is 16.8. The fourth-order valence-corrected chi connectivity index (χ4v) is 3.08. The highest BCUT2D eigenvalue weighted by molar-refractivity contribution is 5.74. The van der Waals surface area contributed by atoms with Crippen molar-refractivity contribution in [1.29, 1.82) is 0 Å². The summed E-state index contributed by atoms with van der Waals surface area (Å²) >= 11 is 0. The Hall–Kier alpha value is -0.530. The summed E-state index contributed by atoms with van der Waals surface area (Å²) in [6.07, 6.45) is 20.1. The lowest BCUT2D eigenvalue weighted by molar-refractivity contribution is -0.146. The maximum absolute atomic E-state index is 11.5. The monoisotopic (exact) mass is 324 g/mol. The molecule has 0 amide bonds. The van der Waals surface area contributed by atoms with Crippen molar-refractivity contribution < 1.29 is 9.53 Å². The lowest BCUT2D eigenvalue weighted by Gasteiger charge is -2.11. The third-order valence-corrected chi connectivity index (χ3v) is 4.97. The molecule has 2 nitrogen and oxygen atoms in total. The second-order valence-corrected chi connectivity index (χ2v) is 7.69. The van der Waals surface area contributed by atoms with Gasteiger partial charge in [-0.25, -0.2) is 0 Å². The van der Waals surface area contributed by atoms with Crippen LogP contribution in [0.4, 0.5) is 0 Å². The highest BCUT2D eigenvalue weighted by atomic mass is 16.5. The number of hydrogen-bond acceptors (Lipinski definition) is 2. The Morgan fingerprint density at radius 3 is 1.83 bits per heavy atom. The van der Waals surface area contributed by atoms with Gasteiger partial charge in [-0.3, -0.25) is 4.79 Å². The third-order valence-electron chi connectivity index (χ3n) is 4.97. The van der Waals surface area contributed by atoms with Crippen LogP contribution in [-0.4, -0.2) is 12.6 Å². The molecule has 1 unspecified atom stereocenters. The van der Waals surface area contributed by atoms with E-state index in [1.807, 2.05) is 0 Å². The fourth-order valence-electron chi connectivity index (χ4n) is 3.08. The topological polar surface area (TPSA) is 26.3 Å². The van der Waals surface area contributed by atoms with Gasteiger partial charge in [0, 0.05) is 0 Å². The van der Waals surface area contributed by atoms with Gasteiger partial charge in [0.1, 0.15) is 0 Å². The van der Waals surface area contributed by atoms with Crippen LogP contribution in [0.15, 0.2) is 0 Å². The summed E-state index contributed by atoms with van der Waals surface area (Å²) in [7, 11) is 0. The predicted octanol–water partition coefficient (Wildman–Crippen LogP) is 6.67. The summed E-state index contributed by atoms with van der Waals surface area (Å²) in [5, 5.41) is 0. The van der Waals surface area contributed by atoms with E-state index in [1.54, 1.807) is 0 Å². The number of carbonyl (C=O) groups is 1. The Morgan fingerprint density at radius 2 is 1.35 bits per heavy atom. The molecule has 0 radical (unpaired) electrons. The van der Waals surface area contributed by atoms with Crippen LogP contribution in [-0.2, 0) is 9.53 Å². The highest BCUT2D eigenvalue weighted by Crippen LogP contribution is 2.30. The maximum atomic E-state index is 11.5. The Labute approximate surface area is 144 Å². The second kappa shape index (κ2) is 13.9. The molecule has 136 valence electrons. The van der Waals surface area contributed by atoms with Crippen molar-refractivity contribution in [2.45, 2.75) is 110 Å². The molecule has 23 heavy (non-hydrogen) atoms. The van der Waals surface area contributed by atoms with Crippen LogP contribution in [0.25, 0.3) is 0 Å². The van der Waals surface area contributed by atoms with E-state index in [4.69, 9.17) is 4.74 Å². The lowest BCUT2D eigenvalue weighted by Crippen LogP contribution is -2.13. The Balaban J connectivity index is 1.74. The summed E-state index contributed by atoms with van der Waals surface area (Å²) < 4.78 is 5.35. The van der Waals surface area contributed by atoms with Crippen LogP contribution >= 0.6 is 0 Å². The van der Waals surface area contributed by atoms with Crippen molar-refractivity contribution in [2.75, 3.05) is 6.61 Å². The fraction of sp³-hybridized carbons (Fsp3) is 0.952. The molecule has 2 heteroatoms. The van der Waals surface area contributed by atoms with E-state index < -0.39 is 0 Å². The number of unbranched alkanes of at least 4 members (excludes halogenated alkanes) is 11. The number of carbonyl (C=O) groups excluding carboxylic acids is 1. The van der Waals surface area contributed by atoms with E-state index in [1.165, 1.54) is 83.5 Å². The van der Waals surface area contributed by atoms with Gasteiger partial charge in [-0.1, -0.05) is 90.9 Å². The molecule has 0 aromatic rings. The second-order valence-electron chi connectivity index (χ2n) is 7.69. The quantitative estimate of drug-likeness (QED) is 0.234. The van der Waals surface area contributed by atoms with Crippen molar-refractivity contribution in [2.24, 2.45) is 11.8 Å². The van der Waals surface area contributed by atoms with Crippen molar-refractivity contribution in [1.82, 2.24) is 0 Å². The predicted molar refractivity (Wildman–Crippen MR) is 98.5 cm³/mol. The van der Waals surface area contributed by atoms with E-state index in [2.05, 4.69) is 13.8 Å². The van der Waals surface area contributed by atoms with Crippen LogP contribution in [0.3, 0.4) is 0 Å². The molecule has 0 bridgehead atoms. The van der Waals surface area contributed by atoms with Gasteiger partial charge in [0.25, 0.3) is 0 Å². The maximum Gasteiger partial charge on any atom is 0.308 e. The van der Waals surface area contributed by atoms with Crippen molar-refractivity contribution >= 4 is 5.97 Å².